The van der Waals surface area contributed by atoms with Crippen LogP contribution in [0.3, 0.4) is 0 Å². The second-order valence-electron chi connectivity index (χ2n) is 6.12. The van der Waals surface area contributed by atoms with Crippen molar-refractivity contribution in [2.24, 2.45) is 5.92 Å². The van der Waals surface area contributed by atoms with E-state index >= 15 is 0 Å². The molecule has 0 radical (unpaired) electrons. The van der Waals surface area contributed by atoms with Gasteiger partial charge >= 0.3 is 6.18 Å². The molecule has 1 amide bonds. The molecule has 0 bridgehead atoms. The molecule has 1 saturated heterocycles. The van der Waals surface area contributed by atoms with Crippen LogP contribution in [0.5, 0.6) is 0 Å². The summed E-state index contributed by atoms with van der Waals surface area (Å²) in [4.78, 5) is 14.0. The van der Waals surface area contributed by atoms with E-state index < -0.39 is 18.2 Å². The summed E-state index contributed by atoms with van der Waals surface area (Å²) in [5.74, 6) is -0.299. The Morgan fingerprint density at radius 2 is 1.96 bits per heavy atom. The monoisotopic (exact) mass is 348 g/mol. The molecule has 0 aromatic carbocycles. The van der Waals surface area contributed by atoms with Crippen LogP contribution in [-0.4, -0.2) is 46.4 Å². The minimum Gasteiger partial charge on any atom is -0.383 e. The fraction of sp³-hybridized carbons (Fsp3) is 0.750. The molecule has 1 unspecified atom stereocenters. The molecule has 0 aliphatic carbocycles. The molecule has 1 atom stereocenters. The van der Waals surface area contributed by atoms with Crippen LogP contribution in [0.1, 0.15) is 43.7 Å². The molecule has 1 N–H and O–H groups in total. The Balaban J connectivity index is 1.95. The minimum absolute atomic E-state index is 0.137. The van der Waals surface area contributed by atoms with Gasteiger partial charge in [-0.15, -0.1) is 0 Å². The molecule has 5 nitrogen and oxygen atoms in total. The van der Waals surface area contributed by atoms with Crippen LogP contribution in [0.2, 0.25) is 0 Å². The highest BCUT2D eigenvalue weighted by Gasteiger charge is 2.44. The molecule has 1 fully saturated rings. The maximum atomic E-state index is 12.6. The standard InChI is InChI=1S/C16H23F3N2O3/c1-3-12-11(13(4-2)24-20-12)9-14(22)21-7-5-10(6-8-21)15(23)16(17,18)19/h10,15,23H,3-9H2,1-2H3. The number of carbonyl (C=O) groups excluding carboxylic acids is 1. The maximum absolute atomic E-state index is 12.6. The number of nitrogens with zero attached hydrogens (tertiary/aromatic N) is 2. The number of aliphatic hydroxyl groups excluding tert-OH is 1. The van der Waals surface area contributed by atoms with Gasteiger partial charge in [0.05, 0.1) is 12.1 Å². The Hall–Kier alpha value is -1.57. The van der Waals surface area contributed by atoms with E-state index in [-0.39, 0.29) is 38.3 Å². The summed E-state index contributed by atoms with van der Waals surface area (Å²) >= 11 is 0. The van der Waals surface area contributed by atoms with Gasteiger partial charge in [-0.05, 0) is 25.2 Å². The first-order valence-electron chi connectivity index (χ1n) is 8.26. The van der Waals surface area contributed by atoms with Gasteiger partial charge in [-0.3, -0.25) is 4.79 Å². The van der Waals surface area contributed by atoms with Crippen molar-refractivity contribution in [2.45, 2.75) is 58.2 Å². The lowest BCUT2D eigenvalue weighted by Crippen LogP contribution is -2.45. The third kappa shape index (κ3) is 4.09. The molecule has 24 heavy (non-hydrogen) atoms. The van der Waals surface area contributed by atoms with Crippen molar-refractivity contribution in [3.8, 4) is 0 Å². The zero-order valence-electron chi connectivity index (χ0n) is 13.9. The highest BCUT2D eigenvalue weighted by Crippen LogP contribution is 2.31. The zero-order chi connectivity index (χ0) is 17.9. The van der Waals surface area contributed by atoms with Crippen LogP contribution >= 0.6 is 0 Å². The number of hydrogen-bond acceptors (Lipinski definition) is 4. The largest absolute Gasteiger partial charge is 0.414 e. The van der Waals surface area contributed by atoms with Gasteiger partial charge in [-0.1, -0.05) is 19.0 Å². The topological polar surface area (TPSA) is 66.6 Å². The molecule has 0 spiro atoms. The molecule has 1 aliphatic heterocycles. The summed E-state index contributed by atoms with van der Waals surface area (Å²) in [6, 6.07) is 0. The Labute approximate surface area is 138 Å². The smallest absolute Gasteiger partial charge is 0.383 e. The number of alkyl halides is 3. The van der Waals surface area contributed by atoms with Crippen molar-refractivity contribution < 1.29 is 27.6 Å². The van der Waals surface area contributed by atoms with Crippen LogP contribution in [0.25, 0.3) is 0 Å². The zero-order valence-corrected chi connectivity index (χ0v) is 13.9. The quantitative estimate of drug-likeness (QED) is 0.888. The number of piperidine rings is 1. The third-order valence-electron chi connectivity index (χ3n) is 4.61. The van der Waals surface area contributed by atoms with Crippen LogP contribution in [-0.2, 0) is 24.1 Å². The van der Waals surface area contributed by atoms with E-state index in [4.69, 9.17) is 4.52 Å². The van der Waals surface area contributed by atoms with Crippen molar-refractivity contribution in [2.75, 3.05) is 13.1 Å². The van der Waals surface area contributed by atoms with E-state index in [0.717, 1.165) is 11.3 Å². The van der Waals surface area contributed by atoms with Gasteiger partial charge < -0.3 is 14.5 Å². The lowest BCUT2D eigenvalue weighted by atomic mass is 9.90. The summed E-state index contributed by atoms with van der Waals surface area (Å²) in [5, 5.41) is 13.3. The number of amides is 1. The fourth-order valence-corrected chi connectivity index (χ4v) is 3.13. The predicted molar refractivity (Wildman–Crippen MR) is 80.3 cm³/mol. The molecule has 2 heterocycles. The van der Waals surface area contributed by atoms with Crippen molar-refractivity contribution in [3.63, 3.8) is 0 Å². The molecule has 8 heteroatoms. The molecule has 136 valence electrons. The average molecular weight is 348 g/mol. The SMILES string of the molecule is CCc1noc(CC)c1CC(=O)N1CCC(C(O)C(F)(F)F)CC1. The number of hydrogen-bond donors (Lipinski definition) is 1. The normalized spacial score (nSPS) is 18.0. The number of aliphatic hydroxyl groups is 1. The van der Waals surface area contributed by atoms with E-state index in [1.54, 1.807) is 4.90 Å². The van der Waals surface area contributed by atoms with Crippen LogP contribution < -0.4 is 0 Å². The van der Waals surface area contributed by atoms with Crippen LogP contribution in [0.15, 0.2) is 4.52 Å². The molecular weight excluding hydrogens is 325 g/mol. The molecule has 1 aliphatic rings. The first-order valence-corrected chi connectivity index (χ1v) is 8.26. The van der Waals surface area contributed by atoms with E-state index in [0.29, 0.717) is 18.6 Å². The van der Waals surface area contributed by atoms with Crippen molar-refractivity contribution >= 4 is 5.91 Å². The van der Waals surface area contributed by atoms with Crippen LogP contribution in [0, 0.1) is 5.92 Å². The van der Waals surface area contributed by atoms with E-state index in [2.05, 4.69) is 5.16 Å². The van der Waals surface area contributed by atoms with Crippen molar-refractivity contribution in [3.05, 3.63) is 17.0 Å². The minimum atomic E-state index is -4.61. The predicted octanol–water partition coefficient (Wildman–Crippen LogP) is 2.50. The van der Waals surface area contributed by atoms with E-state index in [9.17, 15) is 23.1 Å². The Morgan fingerprint density at radius 1 is 1.33 bits per heavy atom. The number of rotatable bonds is 5. The maximum Gasteiger partial charge on any atom is 0.414 e. The van der Waals surface area contributed by atoms with Gasteiger partial charge in [0.15, 0.2) is 6.10 Å². The summed E-state index contributed by atoms with van der Waals surface area (Å²) in [7, 11) is 0. The molecule has 0 saturated carbocycles. The van der Waals surface area contributed by atoms with Crippen LogP contribution in [0.4, 0.5) is 13.2 Å². The van der Waals surface area contributed by atoms with Gasteiger partial charge in [0.2, 0.25) is 5.91 Å². The second-order valence-corrected chi connectivity index (χ2v) is 6.12. The lowest BCUT2D eigenvalue weighted by molar-refractivity contribution is -0.222. The van der Waals surface area contributed by atoms with E-state index in [1.807, 2.05) is 13.8 Å². The lowest BCUT2D eigenvalue weighted by Gasteiger charge is -2.34. The first-order chi connectivity index (χ1) is 11.3. The second kappa shape index (κ2) is 7.55. The van der Waals surface area contributed by atoms with Crippen molar-refractivity contribution in [1.29, 1.82) is 0 Å². The number of aryl methyl sites for hydroxylation is 2. The molecule has 1 aromatic heterocycles. The van der Waals surface area contributed by atoms with Gasteiger partial charge in [0, 0.05) is 25.1 Å². The summed E-state index contributed by atoms with van der Waals surface area (Å²) in [5.41, 5.74) is 1.55. The number of likely N-dealkylation sites (tertiary alicyclic amines) is 1. The summed E-state index contributed by atoms with van der Waals surface area (Å²) in [6.45, 7) is 4.29. The third-order valence-corrected chi connectivity index (χ3v) is 4.61. The van der Waals surface area contributed by atoms with Gasteiger partial charge in [0.1, 0.15) is 5.76 Å². The molecule has 2 rings (SSSR count). The van der Waals surface area contributed by atoms with Gasteiger partial charge in [-0.2, -0.15) is 13.2 Å². The van der Waals surface area contributed by atoms with Gasteiger partial charge in [0.25, 0.3) is 0 Å². The van der Waals surface area contributed by atoms with E-state index in [1.165, 1.54) is 0 Å². The number of aromatic nitrogens is 1. The highest BCUT2D eigenvalue weighted by molar-refractivity contribution is 5.79. The fourth-order valence-electron chi connectivity index (χ4n) is 3.13. The molecule has 1 aromatic rings. The first kappa shape index (κ1) is 18.8. The average Bonchev–Trinajstić information content (AvgIpc) is 2.95. The number of carbonyl (C=O) groups is 1. The summed E-state index contributed by atoms with van der Waals surface area (Å²) in [6.07, 6.45) is -5.17. The Morgan fingerprint density at radius 3 is 2.46 bits per heavy atom. The number of halogens is 3. The molecular formula is C16H23F3N2O3. The van der Waals surface area contributed by atoms with Gasteiger partial charge in [-0.25, -0.2) is 0 Å². The summed E-state index contributed by atoms with van der Waals surface area (Å²) < 4.78 is 42.9. The Kier molecular flexibility index (Phi) is 5.90. The Bertz CT molecular complexity index is 542. The van der Waals surface area contributed by atoms with Crippen molar-refractivity contribution in [1.82, 2.24) is 10.1 Å². The highest BCUT2D eigenvalue weighted by atomic mass is 19.4.